The van der Waals surface area contributed by atoms with Crippen LogP contribution in [0, 0.1) is 0 Å². The van der Waals surface area contributed by atoms with E-state index in [1.165, 1.54) is 7.11 Å². The Balaban J connectivity index is 2.77. The zero-order valence-electron chi connectivity index (χ0n) is 11.7. The van der Waals surface area contributed by atoms with Crippen LogP contribution < -0.4 is 14.8 Å². The molecular formula is C13H17BrF3NO3. The molecule has 0 aliphatic rings. The van der Waals surface area contributed by atoms with E-state index in [-0.39, 0.29) is 11.5 Å². The molecule has 1 aromatic carbocycles. The second-order valence-electron chi connectivity index (χ2n) is 4.18. The Labute approximate surface area is 129 Å². The molecule has 0 fully saturated rings. The molecule has 4 nitrogen and oxygen atoms in total. The molecule has 120 valence electrons. The van der Waals surface area contributed by atoms with E-state index in [9.17, 15) is 13.2 Å². The van der Waals surface area contributed by atoms with Crippen LogP contribution in [0.5, 0.6) is 11.5 Å². The molecule has 0 amide bonds. The average Bonchev–Trinajstić information content (AvgIpc) is 2.40. The van der Waals surface area contributed by atoms with Gasteiger partial charge in [0.15, 0.2) is 18.1 Å². The summed E-state index contributed by atoms with van der Waals surface area (Å²) in [5.74, 6) is 0.285. The van der Waals surface area contributed by atoms with Crippen molar-refractivity contribution < 1.29 is 27.4 Å². The van der Waals surface area contributed by atoms with E-state index in [1.54, 1.807) is 19.2 Å². The summed E-state index contributed by atoms with van der Waals surface area (Å²) in [6.45, 7) is 0.416. The van der Waals surface area contributed by atoms with E-state index >= 15 is 0 Å². The third kappa shape index (κ3) is 6.54. The lowest BCUT2D eigenvalue weighted by molar-refractivity contribution is -0.153. The van der Waals surface area contributed by atoms with Crippen LogP contribution in [0.3, 0.4) is 0 Å². The van der Waals surface area contributed by atoms with Crippen molar-refractivity contribution in [2.45, 2.75) is 12.7 Å². The number of halogens is 4. The van der Waals surface area contributed by atoms with Crippen molar-refractivity contribution in [2.24, 2.45) is 0 Å². The highest BCUT2D eigenvalue weighted by molar-refractivity contribution is 9.10. The molecule has 0 unspecified atom stereocenters. The van der Waals surface area contributed by atoms with Crippen LogP contribution >= 0.6 is 15.9 Å². The molecule has 1 rings (SSSR count). The molecule has 1 N–H and O–H groups in total. The largest absolute Gasteiger partial charge is 0.493 e. The fourth-order valence-electron chi connectivity index (χ4n) is 1.58. The fraction of sp³-hybridized carbons (Fsp3) is 0.538. The first kappa shape index (κ1) is 18.1. The van der Waals surface area contributed by atoms with Crippen molar-refractivity contribution in [2.75, 3.05) is 34.0 Å². The highest BCUT2D eigenvalue weighted by Gasteiger charge is 2.29. The zero-order valence-corrected chi connectivity index (χ0v) is 13.3. The van der Waals surface area contributed by atoms with Gasteiger partial charge in [0.05, 0.1) is 18.2 Å². The number of ether oxygens (including phenoxy) is 3. The summed E-state index contributed by atoms with van der Waals surface area (Å²) in [5, 5.41) is 3.13. The normalized spacial score (nSPS) is 11.5. The lowest BCUT2D eigenvalue weighted by atomic mass is 10.2. The molecule has 21 heavy (non-hydrogen) atoms. The summed E-state index contributed by atoms with van der Waals surface area (Å²) < 4.78 is 51.9. The maximum Gasteiger partial charge on any atom is 0.422 e. The van der Waals surface area contributed by atoms with E-state index < -0.39 is 12.8 Å². The Morgan fingerprint density at radius 3 is 2.52 bits per heavy atom. The van der Waals surface area contributed by atoms with Crippen LogP contribution in [-0.2, 0) is 11.3 Å². The van der Waals surface area contributed by atoms with Gasteiger partial charge in [0.1, 0.15) is 0 Å². The van der Waals surface area contributed by atoms with Gasteiger partial charge in [-0.1, -0.05) is 0 Å². The standard InChI is InChI=1S/C13H17BrF3NO3/c1-19-4-3-18-7-9-5-10(14)12(11(6-9)20-2)21-8-13(15,16)17/h5-6,18H,3-4,7-8H2,1-2H3. The highest BCUT2D eigenvalue weighted by atomic mass is 79.9. The molecule has 8 heteroatoms. The van der Waals surface area contributed by atoms with Crippen LogP contribution in [0.4, 0.5) is 13.2 Å². The fourth-order valence-corrected chi connectivity index (χ4v) is 2.18. The van der Waals surface area contributed by atoms with Gasteiger partial charge >= 0.3 is 6.18 Å². The Morgan fingerprint density at radius 2 is 1.95 bits per heavy atom. The van der Waals surface area contributed by atoms with Crippen molar-refractivity contribution in [1.82, 2.24) is 5.32 Å². The summed E-state index contributed by atoms with van der Waals surface area (Å²) >= 11 is 3.20. The number of hydrogen-bond acceptors (Lipinski definition) is 4. The number of benzene rings is 1. The summed E-state index contributed by atoms with van der Waals surface area (Å²) in [4.78, 5) is 0. The van der Waals surface area contributed by atoms with Gasteiger partial charge in [0, 0.05) is 20.2 Å². The molecule has 0 aromatic heterocycles. The van der Waals surface area contributed by atoms with Gasteiger partial charge in [-0.2, -0.15) is 13.2 Å². The molecule has 0 radical (unpaired) electrons. The number of methoxy groups -OCH3 is 2. The summed E-state index contributed by atoms with van der Waals surface area (Å²) in [7, 11) is 2.98. The van der Waals surface area contributed by atoms with E-state index in [2.05, 4.69) is 21.2 Å². The SMILES string of the molecule is COCCNCc1cc(Br)c(OCC(F)(F)F)c(OC)c1. The zero-order chi connectivity index (χ0) is 15.9. The first-order chi connectivity index (χ1) is 9.87. The average molecular weight is 372 g/mol. The van der Waals surface area contributed by atoms with Crippen molar-refractivity contribution in [3.63, 3.8) is 0 Å². The number of nitrogens with one attached hydrogen (secondary N) is 1. The maximum absolute atomic E-state index is 12.2. The molecule has 0 spiro atoms. The predicted octanol–water partition coefficient (Wildman–Crippen LogP) is 3.13. The quantitative estimate of drug-likeness (QED) is 0.712. The number of rotatable bonds is 8. The van der Waals surface area contributed by atoms with Crippen molar-refractivity contribution in [3.05, 3.63) is 22.2 Å². The molecule has 0 atom stereocenters. The Hall–Kier alpha value is -0.990. The van der Waals surface area contributed by atoms with E-state index in [0.717, 1.165) is 5.56 Å². The van der Waals surface area contributed by atoms with Gasteiger partial charge in [-0.15, -0.1) is 0 Å². The molecule has 0 bridgehead atoms. The highest BCUT2D eigenvalue weighted by Crippen LogP contribution is 2.37. The Kier molecular flexibility index (Phi) is 7.27. The molecule has 0 aliphatic carbocycles. The Bertz CT molecular complexity index is 455. The number of hydrogen-bond donors (Lipinski definition) is 1. The lowest BCUT2D eigenvalue weighted by Crippen LogP contribution is -2.20. The minimum absolute atomic E-state index is 0.0375. The van der Waals surface area contributed by atoms with Gasteiger partial charge in [-0.3, -0.25) is 0 Å². The van der Waals surface area contributed by atoms with Gasteiger partial charge < -0.3 is 19.5 Å². The first-order valence-corrected chi connectivity index (χ1v) is 6.92. The minimum Gasteiger partial charge on any atom is -0.493 e. The molecule has 0 aliphatic heterocycles. The lowest BCUT2D eigenvalue weighted by Gasteiger charge is -2.15. The molecule has 0 saturated carbocycles. The smallest absolute Gasteiger partial charge is 0.422 e. The summed E-state index contributed by atoms with van der Waals surface area (Å²) in [6.07, 6.45) is -4.40. The topological polar surface area (TPSA) is 39.7 Å². The molecule has 0 heterocycles. The minimum atomic E-state index is -4.40. The van der Waals surface area contributed by atoms with Crippen LogP contribution in [0.25, 0.3) is 0 Å². The third-order valence-corrected chi connectivity index (χ3v) is 3.07. The van der Waals surface area contributed by atoms with Crippen LogP contribution in [0.1, 0.15) is 5.56 Å². The monoisotopic (exact) mass is 371 g/mol. The van der Waals surface area contributed by atoms with Crippen molar-refractivity contribution >= 4 is 15.9 Å². The second-order valence-corrected chi connectivity index (χ2v) is 5.04. The first-order valence-electron chi connectivity index (χ1n) is 6.13. The molecule has 0 saturated heterocycles. The van der Waals surface area contributed by atoms with Gasteiger partial charge in [0.25, 0.3) is 0 Å². The van der Waals surface area contributed by atoms with Crippen LogP contribution in [0.15, 0.2) is 16.6 Å². The van der Waals surface area contributed by atoms with E-state index in [0.29, 0.717) is 24.2 Å². The van der Waals surface area contributed by atoms with Crippen LogP contribution in [-0.4, -0.2) is 40.2 Å². The molecular weight excluding hydrogens is 355 g/mol. The van der Waals surface area contributed by atoms with Gasteiger partial charge in [-0.25, -0.2) is 0 Å². The number of alkyl halides is 3. The van der Waals surface area contributed by atoms with Crippen molar-refractivity contribution in [1.29, 1.82) is 0 Å². The Morgan fingerprint density at radius 1 is 1.24 bits per heavy atom. The predicted molar refractivity (Wildman–Crippen MR) is 75.8 cm³/mol. The third-order valence-electron chi connectivity index (χ3n) is 2.48. The van der Waals surface area contributed by atoms with Crippen LogP contribution in [0.2, 0.25) is 0 Å². The van der Waals surface area contributed by atoms with E-state index in [4.69, 9.17) is 14.2 Å². The van der Waals surface area contributed by atoms with Gasteiger partial charge in [-0.05, 0) is 33.6 Å². The summed E-state index contributed by atoms with van der Waals surface area (Å²) in [6, 6.07) is 3.32. The summed E-state index contributed by atoms with van der Waals surface area (Å²) in [5.41, 5.74) is 0.856. The second kappa shape index (κ2) is 8.45. The van der Waals surface area contributed by atoms with Gasteiger partial charge in [0.2, 0.25) is 0 Å². The maximum atomic E-state index is 12.2. The molecule has 1 aromatic rings. The van der Waals surface area contributed by atoms with Crippen molar-refractivity contribution in [3.8, 4) is 11.5 Å². The van der Waals surface area contributed by atoms with E-state index in [1.807, 2.05) is 0 Å².